The van der Waals surface area contributed by atoms with Gasteiger partial charge in [-0.3, -0.25) is 4.79 Å². The lowest BCUT2D eigenvalue weighted by atomic mass is 9.75. The Bertz CT molecular complexity index is 714. The summed E-state index contributed by atoms with van der Waals surface area (Å²) in [6, 6.07) is 5.07. The van der Waals surface area contributed by atoms with E-state index in [1.807, 2.05) is 0 Å². The number of allylic oxidation sites excluding steroid dienone is 2. The summed E-state index contributed by atoms with van der Waals surface area (Å²) in [7, 11) is 1.51. The van der Waals surface area contributed by atoms with Crippen LogP contribution in [0.15, 0.2) is 30.4 Å². The highest BCUT2D eigenvalue weighted by atomic mass is 16.5. The number of ether oxygens (including phenoxy) is 1. The van der Waals surface area contributed by atoms with Gasteiger partial charge in [0.25, 0.3) is 0 Å². The number of carbonyl (C=O) groups excluding carboxylic acids is 1. The maximum atomic E-state index is 11.8. The highest BCUT2D eigenvalue weighted by Crippen LogP contribution is 2.33. The van der Waals surface area contributed by atoms with Crippen LogP contribution in [-0.4, -0.2) is 29.3 Å². The molecule has 0 saturated heterocycles. The second kappa shape index (κ2) is 15.8. The smallest absolute Gasteiger partial charge is 0.220 e. The third-order valence-corrected chi connectivity index (χ3v) is 6.27. The zero-order valence-corrected chi connectivity index (χ0v) is 21.6. The summed E-state index contributed by atoms with van der Waals surface area (Å²) >= 11 is 0. The van der Waals surface area contributed by atoms with Crippen molar-refractivity contribution in [3.05, 3.63) is 35.9 Å². The van der Waals surface area contributed by atoms with Crippen molar-refractivity contribution < 1.29 is 19.7 Å². The quantitative estimate of drug-likeness (QED) is 0.285. The molecule has 1 aliphatic carbocycles. The molecule has 0 aromatic heterocycles. The molecule has 3 atom stereocenters. The van der Waals surface area contributed by atoms with E-state index >= 15 is 0 Å². The van der Waals surface area contributed by atoms with Crippen molar-refractivity contribution in [3.8, 4) is 11.5 Å². The van der Waals surface area contributed by atoms with E-state index in [1.165, 1.54) is 20.0 Å². The second-order valence-corrected chi connectivity index (χ2v) is 10.1. The van der Waals surface area contributed by atoms with Gasteiger partial charge in [0.1, 0.15) is 0 Å². The number of benzene rings is 1. The molecular formula is C28H47NO4. The molecule has 1 aromatic rings. The first-order valence-electron chi connectivity index (χ1n) is 12.6. The van der Waals surface area contributed by atoms with Gasteiger partial charge in [0, 0.05) is 13.0 Å². The van der Waals surface area contributed by atoms with Gasteiger partial charge < -0.3 is 20.3 Å². The van der Waals surface area contributed by atoms with Gasteiger partial charge in [-0.25, -0.2) is 0 Å². The van der Waals surface area contributed by atoms with Crippen LogP contribution in [0.1, 0.15) is 85.1 Å². The lowest BCUT2D eigenvalue weighted by molar-refractivity contribution is -0.121. The van der Waals surface area contributed by atoms with Crippen molar-refractivity contribution in [2.24, 2.45) is 23.7 Å². The lowest BCUT2D eigenvalue weighted by Crippen LogP contribution is -2.31. The normalized spacial score (nSPS) is 20.6. The lowest BCUT2D eigenvalue weighted by Gasteiger charge is -2.33. The Morgan fingerprint density at radius 1 is 1.21 bits per heavy atom. The first kappa shape index (κ1) is 29.0. The van der Waals surface area contributed by atoms with Crippen LogP contribution < -0.4 is 10.1 Å². The number of unbranched alkanes of at least 4 members (excludes halogenated alkanes) is 2. The van der Waals surface area contributed by atoms with Crippen LogP contribution in [-0.2, 0) is 11.3 Å². The summed E-state index contributed by atoms with van der Waals surface area (Å²) < 4.78 is 5.04. The van der Waals surface area contributed by atoms with Gasteiger partial charge in [-0.1, -0.05) is 59.3 Å². The van der Waals surface area contributed by atoms with E-state index in [4.69, 9.17) is 4.74 Å². The fraction of sp³-hybridized carbons (Fsp3) is 0.679. The summed E-state index contributed by atoms with van der Waals surface area (Å²) in [6.45, 7) is 11.4. The number of carbonyl (C=O) groups is 1. The summed E-state index contributed by atoms with van der Waals surface area (Å²) in [5, 5.41) is 22.1. The summed E-state index contributed by atoms with van der Waals surface area (Å²) in [5.41, 5.74) is 0.905. The molecular weight excluding hydrogens is 414 g/mol. The van der Waals surface area contributed by atoms with E-state index in [0.29, 0.717) is 36.5 Å². The van der Waals surface area contributed by atoms with Gasteiger partial charge in [-0.2, -0.15) is 0 Å². The molecule has 0 aliphatic heterocycles. The SMILES string of the molecule is CC(C)[C@@H]1CC[C@@H](C)C[C@H]1O.COc1cc(CNC(=O)CCCC/C=C/C(C)C)ccc1O. The fourth-order valence-electron chi connectivity index (χ4n) is 4.19. The number of methoxy groups -OCH3 is 1. The van der Waals surface area contributed by atoms with E-state index in [2.05, 4.69) is 52.1 Å². The molecule has 5 nitrogen and oxygen atoms in total. The molecule has 2 rings (SSSR count). The maximum Gasteiger partial charge on any atom is 0.220 e. The monoisotopic (exact) mass is 461 g/mol. The fourth-order valence-corrected chi connectivity index (χ4v) is 4.19. The van der Waals surface area contributed by atoms with Crippen LogP contribution in [0.2, 0.25) is 0 Å². The number of nitrogens with one attached hydrogen (secondary N) is 1. The van der Waals surface area contributed by atoms with Crippen LogP contribution in [0.3, 0.4) is 0 Å². The number of aromatic hydroxyl groups is 1. The maximum absolute atomic E-state index is 11.8. The zero-order valence-electron chi connectivity index (χ0n) is 21.6. The number of amides is 1. The Kier molecular flexibility index (Phi) is 13.9. The topological polar surface area (TPSA) is 78.8 Å². The highest BCUT2D eigenvalue weighted by molar-refractivity contribution is 5.75. The van der Waals surface area contributed by atoms with E-state index < -0.39 is 0 Å². The molecule has 188 valence electrons. The van der Waals surface area contributed by atoms with Crippen molar-refractivity contribution in [2.45, 2.75) is 92.2 Å². The van der Waals surface area contributed by atoms with Crippen molar-refractivity contribution in [2.75, 3.05) is 7.11 Å². The Balaban J connectivity index is 0.000000412. The minimum absolute atomic E-state index is 0.0289. The van der Waals surface area contributed by atoms with Gasteiger partial charge in [0.15, 0.2) is 11.5 Å². The number of phenolic OH excluding ortho intramolecular Hbond substituents is 1. The van der Waals surface area contributed by atoms with Crippen molar-refractivity contribution >= 4 is 5.91 Å². The van der Waals surface area contributed by atoms with Crippen molar-refractivity contribution in [3.63, 3.8) is 0 Å². The Hall–Kier alpha value is -2.01. The third-order valence-electron chi connectivity index (χ3n) is 6.27. The number of aliphatic hydroxyl groups is 1. The molecule has 1 aromatic carbocycles. The van der Waals surface area contributed by atoms with Crippen molar-refractivity contribution in [1.82, 2.24) is 5.32 Å². The Morgan fingerprint density at radius 2 is 1.94 bits per heavy atom. The average molecular weight is 462 g/mol. The molecule has 0 unspecified atom stereocenters. The van der Waals surface area contributed by atoms with Gasteiger partial charge in [-0.05, 0) is 73.5 Å². The molecule has 0 radical (unpaired) electrons. The zero-order chi connectivity index (χ0) is 24.8. The third kappa shape index (κ3) is 12.1. The molecule has 0 heterocycles. The van der Waals surface area contributed by atoms with Crippen LogP contribution in [0.5, 0.6) is 11.5 Å². The molecule has 5 heteroatoms. The summed E-state index contributed by atoms with van der Waals surface area (Å²) in [6.07, 6.45) is 11.4. The standard InChI is InChI=1S/C18H27NO3.C10H20O/c1-14(2)8-6-4-5-7-9-18(21)19-13-15-10-11-16(20)17(12-15)22-3;1-7(2)9-5-4-8(3)6-10(9)11/h6,8,10-12,14,20H,4-5,7,9,13H2,1-3H3,(H,19,21);7-11H,4-6H2,1-3H3/b8-6+;/t;8-,9+,10-/m.1/s1. The number of hydrogen-bond acceptors (Lipinski definition) is 4. The highest BCUT2D eigenvalue weighted by Gasteiger charge is 2.28. The number of phenols is 1. The second-order valence-electron chi connectivity index (χ2n) is 10.1. The van der Waals surface area contributed by atoms with E-state index in [0.717, 1.165) is 37.2 Å². The predicted molar refractivity (Wildman–Crippen MR) is 136 cm³/mol. The van der Waals surface area contributed by atoms with Crippen LogP contribution in [0.4, 0.5) is 0 Å². The van der Waals surface area contributed by atoms with E-state index in [9.17, 15) is 15.0 Å². The number of hydrogen-bond donors (Lipinski definition) is 3. The number of rotatable bonds is 10. The summed E-state index contributed by atoms with van der Waals surface area (Å²) in [5.74, 6) is 3.12. The summed E-state index contributed by atoms with van der Waals surface area (Å²) in [4.78, 5) is 11.8. The minimum atomic E-state index is -0.0289. The predicted octanol–water partition coefficient (Wildman–Crippen LogP) is 6.23. The molecule has 33 heavy (non-hydrogen) atoms. The molecule has 1 fully saturated rings. The molecule has 1 amide bonds. The van der Waals surface area contributed by atoms with Gasteiger partial charge in [0.05, 0.1) is 13.2 Å². The minimum Gasteiger partial charge on any atom is -0.504 e. The van der Waals surface area contributed by atoms with Crippen molar-refractivity contribution in [1.29, 1.82) is 0 Å². The van der Waals surface area contributed by atoms with E-state index in [-0.39, 0.29) is 17.8 Å². The number of aliphatic hydroxyl groups excluding tert-OH is 1. The molecule has 1 aliphatic rings. The molecule has 1 saturated carbocycles. The molecule has 0 bridgehead atoms. The van der Waals surface area contributed by atoms with Gasteiger partial charge in [0.2, 0.25) is 5.91 Å². The van der Waals surface area contributed by atoms with E-state index in [1.54, 1.807) is 18.2 Å². The van der Waals surface area contributed by atoms with Crippen LogP contribution >= 0.6 is 0 Å². The Morgan fingerprint density at radius 3 is 2.55 bits per heavy atom. The van der Waals surface area contributed by atoms with Gasteiger partial charge in [-0.15, -0.1) is 0 Å². The first-order chi connectivity index (χ1) is 15.6. The van der Waals surface area contributed by atoms with Crippen LogP contribution in [0, 0.1) is 23.7 Å². The average Bonchev–Trinajstić information content (AvgIpc) is 2.75. The Labute approximate surface area is 201 Å². The van der Waals surface area contributed by atoms with Crippen LogP contribution in [0.25, 0.3) is 0 Å². The van der Waals surface area contributed by atoms with Gasteiger partial charge >= 0.3 is 0 Å². The largest absolute Gasteiger partial charge is 0.504 e. The first-order valence-corrected chi connectivity index (χ1v) is 12.6. The molecule has 0 spiro atoms. The molecule has 3 N–H and O–H groups in total.